The maximum Gasteiger partial charge on any atom is 0.224 e. The first-order valence-corrected chi connectivity index (χ1v) is 7.80. The Balaban J connectivity index is 1.80. The number of hydrogen-bond donors (Lipinski definition) is 1. The zero-order chi connectivity index (χ0) is 15.8. The summed E-state index contributed by atoms with van der Waals surface area (Å²) < 4.78 is 0. The molecule has 1 N–H and O–H groups in total. The summed E-state index contributed by atoms with van der Waals surface area (Å²) in [6, 6.07) is 18.3. The number of benzene rings is 2. The molecule has 0 fully saturated rings. The predicted octanol–water partition coefficient (Wildman–Crippen LogP) is 3.71. The van der Waals surface area contributed by atoms with Gasteiger partial charge in [0, 0.05) is 32.2 Å². The lowest BCUT2D eigenvalue weighted by molar-refractivity contribution is -0.130. The van der Waals surface area contributed by atoms with E-state index < -0.39 is 0 Å². The first kappa shape index (κ1) is 16.1. The molecule has 0 atom stereocenters. The molecule has 0 unspecified atom stereocenters. The molecule has 1 amide bonds. The number of carbonyl (C=O) groups is 1. The van der Waals surface area contributed by atoms with Gasteiger partial charge in [-0.05, 0) is 23.6 Å². The molecule has 2 aromatic rings. The molecule has 0 aliphatic heterocycles. The zero-order valence-corrected chi connectivity index (χ0v) is 13.4. The van der Waals surface area contributed by atoms with E-state index in [1.165, 1.54) is 5.56 Å². The van der Waals surface area contributed by atoms with Crippen LogP contribution in [0.15, 0.2) is 54.6 Å². The van der Waals surface area contributed by atoms with Crippen LogP contribution in [0.4, 0.5) is 5.69 Å². The van der Waals surface area contributed by atoms with Crippen molar-refractivity contribution in [1.82, 2.24) is 4.90 Å². The third-order valence-corrected chi connectivity index (χ3v) is 3.74. The summed E-state index contributed by atoms with van der Waals surface area (Å²) in [6.07, 6.45) is 1.49. The summed E-state index contributed by atoms with van der Waals surface area (Å²) in [5, 5.41) is 3.37. The van der Waals surface area contributed by atoms with Crippen LogP contribution in [0, 0.1) is 0 Å². The van der Waals surface area contributed by atoms with Crippen molar-refractivity contribution in [3.8, 4) is 0 Å². The molecule has 0 aromatic heterocycles. The van der Waals surface area contributed by atoms with Crippen molar-refractivity contribution in [3.63, 3.8) is 0 Å². The van der Waals surface area contributed by atoms with Gasteiger partial charge in [-0.3, -0.25) is 4.79 Å². The fourth-order valence-electron chi connectivity index (χ4n) is 2.44. The van der Waals surface area contributed by atoms with E-state index in [-0.39, 0.29) is 5.91 Å². The van der Waals surface area contributed by atoms with Crippen LogP contribution in [0.25, 0.3) is 0 Å². The minimum atomic E-state index is 0.158. The van der Waals surface area contributed by atoms with Gasteiger partial charge in [0.15, 0.2) is 0 Å². The monoisotopic (exact) mass is 296 g/mol. The van der Waals surface area contributed by atoms with Crippen LogP contribution < -0.4 is 5.32 Å². The van der Waals surface area contributed by atoms with Gasteiger partial charge in [-0.1, -0.05) is 55.5 Å². The van der Waals surface area contributed by atoms with Crippen molar-refractivity contribution in [1.29, 1.82) is 0 Å². The van der Waals surface area contributed by atoms with Crippen LogP contribution in [0.1, 0.15) is 24.5 Å². The summed E-state index contributed by atoms with van der Waals surface area (Å²) in [5.41, 5.74) is 3.57. The van der Waals surface area contributed by atoms with E-state index in [4.69, 9.17) is 0 Å². The molecule has 0 saturated heterocycles. The standard InChI is InChI=1S/C19H24N2O/c1-3-17-11-7-8-12-18(17)20-14-13-19(22)21(2)15-16-9-5-4-6-10-16/h4-12,20H,3,13-15H2,1-2H3. The highest BCUT2D eigenvalue weighted by Gasteiger charge is 2.09. The Kier molecular flexibility index (Phi) is 6.01. The molecule has 2 rings (SSSR count). The smallest absolute Gasteiger partial charge is 0.224 e. The first-order chi connectivity index (χ1) is 10.7. The lowest BCUT2D eigenvalue weighted by Crippen LogP contribution is -2.27. The number of aryl methyl sites for hydroxylation is 1. The lowest BCUT2D eigenvalue weighted by Gasteiger charge is -2.18. The van der Waals surface area contributed by atoms with E-state index in [1.807, 2.05) is 49.5 Å². The largest absolute Gasteiger partial charge is 0.384 e. The molecule has 3 heteroatoms. The van der Waals surface area contributed by atoms with Crippen LogP contribution >= 0.6 is 0 Å². The number of rotatable bonds is 7. The molecular weight excluding hydrogens is 272 g/mol. The molecule has 22 heavy (non-hydrogen) atoms. The van der Waals surface area contributed by atoms with E-state index in [1.54, 1.807) is 4.90 Å². The molecule has 116 valence electrons. The van der Waals surface area contributed by atoms with Gasteiger partial charge in [0.2, 0.25) is 5.91 Å². The van der Waals surface area contributed by atoms with Gasteiger partial charge in [0.05, 0.1) is 0 Å². The van der Waals surface area contributed by atoms with Crippen molar-refractivity contribution in [2.75, 3.05) is 18.9 Å². The van der Waals surface area contributed by atoms with E-state index in [9.17, 15) is 4.79 Å². The summed E-state index contributed by atoms with van der Waals surface area (Å²) in [6.45, 7) is 3.46. The van der Waals surface area contributed by atoms with E-state index in [0.717, 1.165) is 17.7 Å². The van der Waals surface area contributed by atoms with Crippen molar-refractivity contribution in [3.05, 3.63) is 65.7 Å². The molecule has 0 spiro atoms. The average Bonchev–Trinajstić information content (AvgIpc) is 2.56. The lowest BCUT2D eigenvalue weighted by atomic mass is 10.1. The molecule has 3 nitrogen and oxygen atoms in total. The molecule has 0 aliphatic carbocycles. The number of carbonyl (C=O) groups excluding carboxylic acids is 1. The summed E-state index contributed by atoms with van der Waals surface area (Å²) >= 11 is 0. The molecule has 0 radical (unpaired) electrons. The fraction of sp³-hybridized carbons (Fsp3) is 0.316. The van der Waals surface area contributed by atoms with Gasteiger partial charge in [0.1, 0.15) is 0 Å². The van der Waals surface area contributed by atoms with Crippen molar-refractivity contribution < 1.29 is 4.79 Å². The predicted molar refractivity (Wildman–Crippen MR) is 91.8 cm³/mol. The third-order valence-electron chi connectivity index (χ3n) is 3.74. The van der Waals surface area contributed by atoms with Gasteiger partial charge in [-0.25, -0.2) is 0 Å². The zero-order valence-electron chi connectivity index (χ0n) is 13.4. The summed E-state index contributed by atoms with van der Waals surface area (Å²) in [5.74, 6) is 0.158. The Labute approximate surface area is 133 Å². The Hall–Kier alpha value is -2.29. The van der Waals surface area contributed by atoms with Gasteiger partial charge in [-0.15, -0.1) is 0 Å². The molecule has 0 aliphatic rings. The Morgan fingerprint density at radius 3 is 2.45 bits per heavy atom. The van der Waals surface area contributed by atoms with Crippen LogP contribution in [0.5, 0.6) is 0 Å². The number of hydrogen-bond acceptors (Lipinski definition) is 2. The second kappa shape index (κ2) is 8.23. The highest BCUT2D eigenvalue weighted by Crippen LogP contribution is 2.15. The maximum atomic E-state index is 12.2. The molecule has 2 aromatic carbocycles. The highest BCUT2D eigenvalue weighted by molar-refractivity contribution is 5.76. The topological polar surface area (TPSA) is 32.3 Å². The van der Waals surface area contributed by atoms with Gasteiger partial charge < -0.3 is 10.2 Å². The molecule has 0 saturated carbocycles. The first-order valence-electron chi connectivity index (χ1n) is 7.80. The van der Waals surface area contributed by atoms with Crippen molar-refractivity contribution in [2.24, 2.45) is 0 Å². The van der Waals surface area contributed by atoms with E-state index in [0.29, 0.717) is 19.5 Å². The van der Waals surface area contributed by atoms with Gasteiger partial charge >= 0.3 is 0 Å². The third kappa shape index (κ3) is 4.62. The molecule has 0 bridgehead atoms. The number of para-hydroxylation sites is 1. The number of anilines is 1. The number of nitrogens with zero attached hydrogens (tertiary/aromatic N) is 1. The van der Waals surface area contributed by atoms with Gasteiger partial charge in [-0.2, -0.15) is 0 Å². The van der Waals surface area contributed by atoms with Crippen LogP contribution in [0.2, 0.25) is 0 Å². The van der Waals surface area contributed by atoms with Crippen molar-refractivity contribution in [2.45, 2.75) is 26.3 Å². The Morgan fingerprint density at radius 1 is 1.05 bits per heavy atom. The second-order valence-electron chi connectivity index (χ2n) is 5.42. The Bertz CT molecular complexity index is 595. The van der Waals surface area contributed by atoms with Crippen molar-refractivity contribution >= 4 is 11.6 Å². The van der Waals surface area contributed by atoms with Crippen LogP contribution in [0.3, 0.4) is 0 Å². The number of nitrogens with one attached hydrogen (secondary N) is 1. The highest BCUT2D eigenvalue weighted by atomic mass is 16.2. The average molecular weight is 296 g/mol. The minimum absolute atomic E-state index is 0.158. The SMILES string of the molecule is CCc1ccccc1NCCC(=O)N(C)Cc1ccccc1. The van der Waals surface area contributed by atoms with E-state index in [2.05, 4.69) is 24.4 Å². The molecule has 0 heterocycles. The molecular formula is C19H24N2O. The summed E-state index contributed by atoms with van der Waals surface area (Å²) in [4.78, 5) is 14.0. The quantitative estimate of drug-likeness (QED) is 0.844. The second-order valence-corrected chi connectivity index (χ2v) is 5.42. The summed E-state index contributed by atoms with van der Waals surface area (Å²) in [7, 11) is 1.86. The van der Waals surface area contributed by atoms with Crippen LogP contribution in [-0.2, 0) is 17.8 Å². The maximum absolute atomic E-state index is 12.2. The Morgan fingerprint density at radius 2 is 1.73 bits per heavy atom. The van der Waals surface area contributed by atoms with Crippen LogP contribution in [-0.4, -0.2) is 24.4 Å². The minimum Gasteiger partial charge on any atom is -0.384 e. The van der Waals surface area contributed by atoms with Gasteiger partial charge in [0.25, 0.3) is 0 Å². The fourth-order valence-corrected chi connectivity index (χ4v) is 2.44. The van der Waals surface area contributed by atoms with E-state index >= 15 is 0 Å². The normalized spacial score (nSPS) is 10.3. The number of amides is 1.